The second kappa shape index (κ2) is 7.09. The molecule has 2 aliphatic heterocycles. The molecule has 4 rings (SSSR count). The molecule has 2 amide bonds. The fourth-order valence-electron chi connectivity index (χ4n) is 4.42. The highest BCUT2D eigenvalue weighted by molar-refractivity contribution is 5.93. The number of nitrogens with one attached hydrogen (secondary N) is 2. The van der Waals surface area contributed by atoms with Crippen molar-refractivity contribution in [1.82, 2.24) is 15.5 Å². The van der Waals surface area contributed by atoms with Gasteiger partial charge in [-0.15, -0.1) is 0 Å². The molecule has 28 heavy (non-hydrogen) atoms. The Bertz CT molecular complexity index is 871. The molecule has 1 aliphatic carbocycles. The van der Waals surface area contributed by atoms with Crippen molar-refractivity contribution in [1.29, 1.82) is 5.26 Å². The van der Waals surface area contributed by atoms with Gasteiger partial charge in [-0.1, -0.05) is 6.07 Å². The summed E-state index contributed by atoms with van der Waals surface area (Å²) in [6.45, 7) is 0.0845. The maximum absolute atomic E-state index is 14.2. The highest BCUT2D eigenvalue weighted by Crippen LogP contribution is 2.51. The third kappa shape index (κ3) is 3.02. The lowest BCUT2D eigenvalue weighted by Gasteiger charge is -2.31. The number of rotatable bonds is 4. The maximum Gasteiger partial charge on any atom is 0.239 e. The Morgan fingerprint density at radius 2 is 2.14 bits per heavy atom. The van der Waals surface area contributed by atoms with Crippen LogP contribution in [0.3, 0.4) is 0 Å². The van der Waals surface area contributed by atoms with Crippen LogP contribution < -0.4 is 10.6 Å². The Morgan fingerprint density at radius 3 is 2.86 bits per heavy atom. The zero-order valence-electron chi connectivity index (χ0n) is 14.9. The summed E-state index contributed by atoms with van der Waals surface area (Å²) in [6.07, 6.45) is -0.819. The van der Waals surface area contributed by atoms with Crippen molar-refractivity contribution in [2.75, 3.05) is 19.6 Å². The summed E-state index contributed by atoms with van der Waals surface area (Å²) >= 11 is 0. The molecule has 1 aromatic rings. The monoisotopic (exact) mass is 392 g/mol. The highest BCUT2D eigenvalue weighted by Gasteiger charge is 2.50. The van der Waals surface area contributed by atoms with E-state index in [4.69, 9.17) is 5.26 Å². The van der Waals surface area contributed by atoms with Crippen molar-refractivity contribution >= 4 is 11.8 Å². The smallest absolute Gasteiger partial charge is 0.239 e. The Balaban J connectivity index is 1.38. The fraction of sp³-hybridized carbons (Fsp3) is 0.526. The van der Waals surface area contributed by atoms with Crippen LogP contribution in [0.25, 0.3) is 0 Å². The third-order valence-corrected chi connectivity index (χ3v) is 5.88. The quantitative estimate of drug-likeness (QED) is 0.809. The number of piperidine rings is 1. The molecule has 2 heterocycles. The molecule has 3 unspecified atom stereocenters. The van der Waals surface area contributed by atoms with Crippen LogP contribution in [-0.2, 0) is 9.59 Å². The molecule has 5 atom stereocenters. The van der Waals surface area contributed by atoms with E-state index in [9.17, 15) is 22.8 Å². The van der Waals surface area contributed by atoms with E-state index in [1.165, 1.54) is 11.0 Å². The summed E-state index contributed by atoms with van der Waals surface area (Å²) in [5.74, 6) is -3.67. The van der Waals surface area contributed by atoms with E-state index < -0.39 is 47.6 Å². The van der Waals surface area contributed by atoms with Crippen molar-refractivity contribution in [2.45, 2.75) is 37.0 Å². The summed E-state index contributed by atoms with van der Waals surface area (Å²) in [6, 6.07) is 3.19. The molecule has 2 fully saturated rings. The number of carbonyl (C=O) groups excluding carboxylic acids is 2. The van der Waals surface area contributed by atoms with Gasteiger partial charge in [-0.3, -0.25) is 9.59 Å². The Labute approximate surface area is 159 Å². The highest BCUT2D eigenvalue weighted by atomic mass is 19.2. The lowest BCUT2D eigenvalue weighted by molar-refractivity contribution is -0.136. The van der Waals surface area contributed by atoms with Gasteiger partial charge >= 0.3 is 0 Å². The van der Waals surface area contributed by atoms with E-state index in [2.05, 4.69) is 10.6 Å². The molecule has 0 radical (unpaired) electrons. The molecule has 0 aromatic heterocycles. The first kappa shape index (κ1) is 18.7. The molecular weight excluding hydrogens is 373 g/mol. The van der Waals surface area contributed by atoms with E-state index in [0.29, 0.717) is 18.5 Å². The number of carbonyl (C=O) groups is 2. The van der Waals surface area contributed by atoms with E-state index in [0.717, 1.165) is 6.07 Å². The minimum Gasteiger partial charge on any atom is -0.353 e. The van der Waals surface area contributed by atoms with Gasteiger partial charge in [0.1, 0.15) is 12.7 Å². The molecule has 1 aromatic carbocycles. The number of hydrogen-bond acceptors (Lipinski definition) is 4. The van der Waals surface area contributed by atoms with Gasteiger partial charge in [0.2, 0.25) is 11.8 Å². The van der Waals surface area contributed by atoms with Crippen LogP contribution in [-0.4, -0.2) is 48.6 Å². The van der Waals surface area contributed by atoms with E-state index in [1.54, 1.807) is 0 Å². The van der Waals surface area contributed by atoms with Crippen molar-refractivity contribution in [3.05, 3.63) is 34.9 Å². The molecule has 0 spiro atoms. The van der Waals surface area contributed by atoms with E-state index in [-0.39, 0.29) is 31.0 Å². The van der Waals surface area contributed by atoms with Crippen LogP contribution in [0.5, 0.6) is 0 Å². The number of alkyl halides is 1. The predicted molar refractivity (Wildman–Crippen MR) is 91.6 cm³/mol. The SMILES string of the molecule is N#CC1CNC(CNC(=O)CN2C(=O)[C@H]3C[C@@H]2c2c3ccc(F)c2F)C(F)C1. The molecular formula is C19H19F3N4O2. The predicted octanol–water partition coefficient (Wildman–Crippen LogP) is 1.29. The molecule has 3 aliphatic rings. The average molecular weight is 392 g/mol. The number of amides is 2. The average Bonchev–Trinajstić information content (AvgIpc) is 3.20. The van der Waals surface area contributed by atoms with E-state index in [1.807, 2.05) is 6.07 Å². The van der Waals surface area contributed by atoms with Crippen LogP contribution >= 0.6 is 0 Å². The zero-order valence-corrected chi connectivity index (χ0v) is 14.9. The van der Waals surface area contributed by atoms with Gasteiger partial charge in [-0.2, -0.15) is 5.26 Å². The Morgan fingerprint density at radius 1 is 1.36 bits per heavy atom. The first-order valence-electron chi connectivity index (χ1n) is 9.22. The molecule has 2 saturated heterocycles. The van der Waals surface area contributed by atoms with Crippen LogP contribution in [0.1, 0.15) is 35.9 Å². The number of likely N-dealkylation sites (tertiary alicyclic amines) is 1. The summed E-state index contributed by atoms with van der Waals surface area (Å²) < 4.78 is 41.9. The van der Waals surface area contributed by atoms with Crippen LogP contribution in [0.4, 0.5) is 13.2 Å². The van der Waals surface area contributed by atoms with Crippen LogP contribution in [0.2, 0.25) is 0 Å². The number of fused-ring (bicyclic) bond motifs is 5. The number of hydrogen-bond donors (Lipinski definition) is 2. The fourth-order valence-corrected chi connectivity index (χ4v) is 4.42. The summed E-state index contributed by atoms with van der Waals surface area (Å²) in [7, 11) is 0. The topological polar surface area (TPSA) is 85.2 Å². The minimum absolute atomic E-state index is 0.0217. The first-order valence-corrected chi connectivity index (χ1v) is 9.22. The normalized spacial score (nSPS) is 30.9. The number of benzene rings is 1. The lowest BCUT2D eigenvalue weighted by Crippen LogP contribution is -2.53. The molecule has 2 bridgehead atoms. The molecule has 9 heteroatoms. The van der Waals surface area contributed by atoms with Gasteiger partial charge in [0.15, 0.2) is 11.6 Å². The number of nitrogens with zero attached hydrogens (tertiary/aromatic N) is 2. The van der Waals surface area contributed by atoms with E-state index >= 15 is 0 Å². The largest absolute Gasteiger partial charge is 0.353 e. The van der Waals surface area contributed by atoms with Crippen LogP contribution in [0.15, 0.2) is 12.1 Å². The van der Waals surface area contributed by atoms with Crippen LogP contribution in [0, 0.1) is 28.9 Å². The third-order valence-electron chi connectivity index (χ3n) is 5.88. The summed E-state index contributed by atoms with van der Waals surface area (Å²) in [5.41, 5.74) is 0.641. The number of nitriles is 1. The van der Waals surface area contributed by atoms with Gasteiger partial charge in [-0.25, -0.2) is 13.2 Å². The van der Waals surface area contributed by atoms with Crippen molar-refractivity contribution < 1.29 is 22.8 Å². The molecule has 0 saturated carbocycles. The number of halogens is 3. The standard InChI is InChI=1S/C19H19F3N4O2/c20-12-2-1-10-11-4-15(17(10)18(12)22)26(19(11)28)8-16(27)25-7-14-13(21)3-9(5-23)6-24-14/h1-2,9,11,13-15,24H,3-4,6-8H2,(H,25,27)/t9?,11-,13?,14?,15+/m0/s1. The van der Waals surface area contributed by atoms with Gasteiger partial charge in [0.05, 0.1) is 30.0 Å². The van der Waals surface area contributed by atoms with Crippen molar-refractivity contribution in [3.63, 3.8) is 0 Å². The van der Waals surface area contributed by atoms with Gasteiger partial charge in [-0.05, 0) is 24.5 Å². The molecule has 2 N–H and O–H groups in total. The summed E-state index contributed by atoms with van der Waals surface area (Å²) in [5, 5.41) is 14.3. The Kier molecular flexibility index (Phi) is 4.75. The Hall–Kier alpha value is -2.60. The van der Waals surface area contributed by atoms with Gasteiger partial charge in [0, 0.05) is 18.7 Å². The second-order valence-corrected chi connectivity index (χ2v) is 7.53. The van der Waals surface area contributed by atoms with Crippen molar-refractivity contribution in [2.24, 2.45) is 5.92 Å². The van der Waals surface area contributed by atoms with Crippen molar-refractivity contribution in [3.8, 4) is 6.07 Å². The first-order chi connectivity index (χ1) is 13.4. The maximum atomic E-state index is 14.2. The lowest BCUT2D eigenvalue weighted by atomic mass is 9.94. The zero-order chi connectivity index (χ0) is 20.0. The second-order valence-electron chi connectivity index (χ2n) is 7.53. The summed E-state index contributed by atoms with van der Waals surface area (Å²) in [4.78, 5) is 26.1. The van der Waals surface area contributed by atoms with Gasteiger partial charge in [0.25, 0.3) is 0 Å². The minimum atomic E-state index is -1.26. The molecule has 6 nitrogen and oxygen atoms in total. The molecule has 148 valence electrons. The van der Waals surface area contributed by atoms with Gasteiger partial charge < -0.3 is 15.5 Å².